The predicted octanol–water partition coefficient (Wildman–Crippen LogP) is 2.61. The van der Waals surface area contributed by atoms with E-state index in [0.717, 1.165) is 31.0 Å². The SMILES string of the molecule is CCNC(C)CC(=O)Nc1ccccc1N1CCCC1. The van der Waals surface area contributed by atoms with E-state index >= 15 is 0 Å². The summed E-state index contributed by atoms with van der Waals surface area (Å²) in [5.74, 6) is 0.0742. The minimum atomic E-state index is 0.0742. The normalized spacial score (nSPS) is 16.2. The Morgan fingerprint density at radius 1 is 1.30 bits per heavy atom. The fourth-order valence-electron chi connectivity index (χ4n) is 2.71. The van der Waals surface area contributed by atoms with Crippen molar-refractivity contribution < 1.29 is 4.79 Å². The molecular formula is C16H25N3O. The van der Waals surface area contributed by atoms with Crippen molar-refractivity contribution in [3.05, 3.63) is 24.3 Å². The molecule has 1 atom stereocenters. The summed E-state index contributed by atoms with van der Waals surface area (Å²) in [6.45, 7) is 7.15. The first-order valence-corrected chi connectivity index (χ1v) is 7.58. The van der Waals surface area contributed by atoms with E-state index in [-0.39, 0.29) is 11.9 Å². The van der Waals surface area contributed by atoms with Crippen molar-refractivity contribution in [1.29, 1.82) is 0 Å². The Morgan fingerprint density at radius 2 is 2.00 bits per heavy atom. The Morgan fingerprint density at radius 3 is 2.70 bits per heavy atom. The van der Waals surface area contributed by atoms with Gasteiger partial charge in [0.25, 0.3) is 0 Å². The summed E-state index contributed by atoms with van der Waals surface area (Å²) >= 11 is 0. The summed E-state index contributed by atoms with van der Waals surface area (Å²) in [5.41, 5.74) is 2.08. The van der Waals surface area contributed by atoms with Gasteiger partial charge in [0.1, 0.15) is 0 Å². The van der Waals surface area contributed by atoms with Crippen LogP contribution in [0.1, 0.15) is 33.1 Å². The topological polar surface area (TPSA) is 44.4 Å². The fraction of sp³-hybridized carbons (Fsp3) is 0.562. The lowest BCUT2D eigenvalue weighted by molar-refractivity contribution is -0.116. The van der Waals surface area contributed by atoms with Gasteiger partial charge < -0.3 is 15.5 Å². The second-order valence-electron chi connectivity index (χ2n) is 5.42. The molecular weight excluding hydrogens is 250 g/mol. The molecule has 0 bridgehead atoms. The van der Waals surface area contributed by atoms with Crippen LogP contribution in [0.4, 0.5) is 11.4 Å². The summed E-state index contributed by atoms with van der Waals surface area (Å²) in [7, 11) is 0. The van der Waals surface area contributed by atoms with Crippen LogP contribution < -0.4 is 15.5 Å². The highest BCUT2D eigenvalue weighted by Crippen LogP contribution is 2.28. The average molecular weight is 275 g/mol. The third-order valence-corrected chi connectivity index (χ3v) is 3.67. The standard InChI is InChI=1S/C16H25N3O/c1-3-17-13(2)12-16(20)18-14-8-4-5-9-15(14)19-10-6-7-11-19/h4-5,8-9,13,17H,3,6-7,10-12H2,1-2H3,(H,18,20). The van der Waals surface area contributed by atoms with Crippen molar-refractivity contribution in [3.8, 4) is 0 Å². The van der Waals surface area contributed by atoms with Gasteiger partial charge >= 0.3 is 0 Å². The number of rotatable bonds is 6. The van der Waals surface area contributed by atoms with Crippen LogP contribution >= 0.6 is 0 Å². The molecule has 4 nitrogen and oxygen atoms in total. The van der Waals surface area contributed by atoms with E-state index in [1.54, 1.807) is 0 Å². The molecule has 4 heteroatoms. The van der Waals surface area contributed by atoms with E-state index in [9.17, 15) is 4.79 Å². The molecule has 1 aliphatic rings. The van der Waals surface area contributed by atoms with Crippen LogP contribution in [0.5, 0.6) is 0 Å². The zero-order valence-electron chi connectivity index (χ0n) is 12.5. The van der Waals surface area contributed by atoms with Gasteiger partial charge in [-0.3, -0.25) is 4.79 Å². The van der Waals surface area contributed by atoms with Crippen LogP contribution in [0.25, 0.3) is 0 Å². The third kappa shape index (κ3) is 3.97. The number of anilines is 2. The lowest BCUT2D eigenvalue weighted by atomic mass is 10.2. The number of para-hydroxylation sites is 2. The zero-order chi connectivity index (χ0) is 14.4. The van der Waals surface area contributed by atoms with Crippen LogP contribution in [0.2, 0.25) is 0 Å². The number of nitrogens with one attached hydrogen (secondary N) is 2. The second kappa shape index (κ2) is 7.29. The zero-order valence-corrected chi connectivity index (χ0v) is 12.5. The van der Waals surface area contributed by atoms with Crippen molar-refractivity contribution in [3.63, 3.8) is 0 Å². The first-order valence-electron chi connectivity index (χ1n) is 7.58. The molecule has 1 saturated heterocycles. The first kappa shape index (κ1) is 14.9. The highest BCUT2D eigenvalue weighted by atomic mass is 16.1. The molecule has 2 N–H and O–H groups in total. The fourth-order valence-corrected chi connectivity index (χ4v) is 2.71. The van der Waals surface area contributed by atoms with Gasteiger partial charge in [0, 0.05) is 25.6 Å². The average Bonchev–Trinajstić information content (AvgIpc) is 2.93. The maximum atomic E-state index is 12.1. The Labute approximate surface area is 121 Å². The maximum Gasteiger partial charge on any atom is 0.225 e. The van der Waals surface area contributed by atoms with Gasteiger partial charge in [-0.25, -0.2) is 0 Å². The summed E-state index contributed by atoms with van der Waals surface area (Å²) in [5, 5.41) is 6.32. The molecule has 0 saturated carbocycles. The molecule has 0 aliphatic carbocycles. The summed E-state index contributed by atoms with van der Waals surface area (Å²) in [4.78, 5) is 14.4. The van der Waals surface area contributed by atoms with Crippen molar-refractivity contribution in [2.24, 2.45) is 0 Å². The Bertz CT molecular complexity index is 441. The minimum absolute atomic E-state index is 0.0742. The van der Waals surface area contributed by atoms with Crippen LogP contribution in [0.3, 0.4) is 0 Å². The molecule has 0 radical (unpaired) electrons. The monoisotopic (exact) mass is 275 g/mol. The van der Waals surface area contributed by atoms with Crippen molar-refractivity contribution in [1.82, 2.24) is 5.32 Å². The molecule has 1 heterocycles. The van der Waals surface area contributed by atoms with E-state index < -0.39 is 0 Å². The summed E-state index contributed by atoms with van der Waals surface area (Å²) in [6, 6.07) is 8.30. The van der Waals surface area contributed by atoms with Crippen LogP contribution in [-0.4, -0.2) is 31.6 Å². The molecule has 20 heavy (non-hydrogen) atoms. The van der Waals surface area contributed by atoms with E-state index in [1.165, 1.54) is 12.8 Å². The Hall–Kier alpha value is -1.55. The lowest BCUT2D eigenvalue weighted by Crippen LogP contribution is -2.30. The number of hydrogen-bond donors (Lipinski definition) is 2. The lowest BCUT2D eigenvalue weighted by Gasteiger charge is -2.22. The summed E-state index contributed by atoms with van der Waals surface area (Å²) in [6.07, 6.45) is 2.97. The Kier molecular flexibility index (Phi) is 5.41. The molecule has 1 aromatic carbocycles. The molecule has 0 spiro atoms. The Balaban J connectivity index is 1.99. The van der Waals surface area contributed by atoms with Gasteiger partial charge in [-0.1, -0.05) is 19.1 Å². The number of amides is 1. The second-order valence-corrected chi connectivity index (χ2v) is 5.42. The largest absolute Gasteiger partial charge is 0.370 e. The number of hydrogen-bond acceptors (Lipinski definition) is 3. The quantitative estimate of drug-likeness (QED) is 0.839. The van der Waals surface area contributed by atoms with Crippen LogP contribution in [0, 0.1) is 0 Å². The molecule has 1 aromatic rings. The van der Waals surface area contributed by atoms with Gasteiger partial charge in [-0.15, -0.1) is 0 Å². The van der Waals surface area contributed by atoms with Gasteiger partial charge in [0.15, 0.2) is 0 Å². The highest BCUT2D eigenvalue weighted by molar-refractivity contribution is 5.94. The molecule has 110 valence electrons. The van der Waals surface area contributed by atoms with Crippen molar-refractivity contribution in [2.75, 3.05) is 29.9 Å². The van der Waals surface area contributed by atoms with Crippen LogP contribution in [0.15, 0.2) is 24.3 Å². The van der Waals surface area contributed by atoms with Crippen molar-refractivity contribution in [2.45, 2.75) is 39.2 Å². The van der Waals surface area contributed by atoms with Gasteiger partial charge in [0.2, 0.25) is 5.91 Å². The third-order valence-electron chi connectivity index (χ3n) is 3.67. The minimum Gasteiger partial charge on any atom is -0.370 e. The number of benzene rings is 1. The van der Waals surface area contributed by atoms with E-state index in [4.69, 9.17) is 0 Å². The molecule has 1 amide bonds. The van der Waals surface area contributed by atoms with E-state index in [1.807, 2.05) is 25.1 Å². The predicted molar refractivity (Wildman–Crippen MR) is 84.3 cm³/mol. The molecule has 2 rings (SSSR count). The smallest absolute Gasteiger partial charge is 0.225 e. The van der Waals surface area contributed by atoms with Gasteiger partial charge in [-0.2, -0.15) is 0 Å². The maximum absolute atomic E-state index is 12.1. The number of carbonyl (C=O) groups is 1. The van der Waals surface area contributed by atoms with Gasteiger partial charge in [-0.05, 0) is 38.4 Å². The number of nitrogens with zero attached hydrogens (tertiary/aromatic N) is 1. The molecule has 1 unspecified atom stereocenters. The van der Waals surface area contributed by atoms with Crippen LogP contribution in [-0.2, 0) is 4.79 Å². The number of carbonyl (C=O) groups excluding carboxylic acids is 1. The summed E-state index contributed by atoms with van der Waals surface area (Å²) < 4.78 is 0. The van der Waals surface area contributed by atoms with E-state index in [2.05, 4.69) is 28.5 Å². The molecule has 1 aliphatic heterocycles. The van der Waals surface area contributed by atoms with Gasteiger partial charge in [0.05, 0.1) is 11.4 Å². The molecule has 1 fully saturated rings. The van der Waals surface area contributed by atoms with Crippen molar-refractivity contribution >= 4 is 17.3 Å². The molecule has 0 aromatic heterocycles. The highest BCUT2D eigenvalue weighted by Gasteiger charge is 2.17. The van der Waals surface area contributed by atoms with E-state index in [0.29, 0.717) is 6.42 Å². The first-order chi connectivity index (χ1) is 9.70.